The van der Waals surface area contributed by atoms with Gasteiger partial charge in [-0.1, -0.05) is 62.9 Å². The third-order valence-corrected chi connectivity index (χ3v) is 7.15. The Bertz CT molecular complexity index is 631. The zero-order valence-electron chi connectivity index (χ0n) is 16.6. The van der Waals surface area contributed by atoms with Crippen LogP contribution >= 0.6 is 0 Å². The van der Waals surface area contributed by atoms with Gasteiger partial charge in [0, 0.05) is 25.0 Å². The first-order chi connectivity index (χ1) is 13.1. The molecule has 3 fully saturated rings. The molecule has 0 bridgehead atoms. The molecule has 4 nitrogen and oxygen atoms in total. The third kappa shape index (κ3) is 3.66. The van der Waals surface area contributed by atoms with Gasteiger partial charge in [-0.25, -0.2) is 0 Å². The number of aliphatic hydroxyl groups is 1. The lowest BCUT2D eigenvalue weighted by Gasteiger charge is -2.33. The Labute approximate surface area is 163 Å². The van der Waals surface area contributed by atoms with Crippen LogP contribution in [0.5, 0.6) is 0 Å². The lowest BCUT2D eigenvalue weighted by molar-refractivity contribution is -0.147. The van der Waals surface area contributed by atoms with Gasteiger partial charge in [-0.2, -0.15) is 0 Å². The van der Waals surface area contributed by atoms with E-state index in [0.717, 1.165) is 44.3 Å². The van der Waals surface area contributed by atoms with Crippen molar-refractivity contribution in [2.75, 3.05) is 19.6 Å². The molecule has 2 N–H and O–H groups in total. The number of nitrogens with one attached hydrogen (secondary N) is 1. The van der Waals surface area contributed by atoms with Gasteiger partial charge in [-0.3, -0.25) is 4.79 Å². The number of piperidine rings is 1. The fourth-order valence-electron chi connectivity index (χ4n) is 5.45. The Balaban J connectivity index is 1.38. The smallest absolute Gasteiger partial charge is 0.257 e. The summed E-state index contributed by atoms with van der Waals surface area (Å²) >= 11 is 0. The molecule has 1 aromatic rings. The van der Waals surface area contributed by atoms with Crippen molar-refractivity contribution >= 4 is 5.91 Å². The molecular weight excluding hydrogens is 336 g/mol. The number of carbonyl (C=O) groups excluding carboxylic acids is 1. The Morgan fingerprint density at radius 3 is 2.44 bits per heavy atom. The van der Waals surface area contributed by atoms with Crippen molar-refractivity contribution in [1.82, 2.24) is 10.2 Å². The number of benzene rings is 1. The average molecular weight is 371 g/mol. The zero-order valence-corrected chi connectivity index (χ0v) is 16.6. The van der Waals surface area contributed by atoms with E-state index >= 15 is 0 Å². The van der Waals surface area contributed by atoms with Crippen molar-refractivity contribution in [3.05, 3.63) is 35.9 Å². The van der Waals surface area contributed by atoms with Crippen molar-refractivity contribution in [3.63, 3.8) is 0 Å². The van der Waals surface area contributed by atoms with Gasteiger partial charge in [-0.05, 0) is 43.2 Å². The summed E-state index contributed by atoms with van der Waals surface area (Å²) in [5, 5.41) is 14.8. The molecule has 3 aliphatic rings. The van der Waals surface area contributed by atoms with Crippen molar-refractivity contribution in [3.8, 4) is 0 Å². The van der Waals surface area contributed by atoms with E-state index in [1.165, 1.54) is 25.8 Å². The standard InChI is InChI=1S/C23H34N2O2/c1-2-3-9-14-25-15-19-20(16-25)21(19)24-22(26)23(27,18-12-7-8-13-18)17-10-5-4-6-11-17/h4-6,10-11,18-21,27H,2-3,7-9,12-16H2,1H3,(H,24,26). The number of amides is 1. The molecule has 1 heterocycles. The summed E-state index contributed by atoms with van der Waals surface area (Å²) in [5.41, 5.74) is -0.628. The van der Waals surface area contributed by atoms with E-state index in [9.17, 15) is 9.90 Å². The summed E-state index contributed by atoms with van der Waals surface area (Å²) in [7, 11) is 0. The van der Waals surface area contributed by atoms with Gasteiger partial charge in [-0.15, -0.1) is 0 Å². The second kappa shape index (κ2) is 7.92. The Hall–Kier alpha value is -1.39. The predicted molar refractivity (Wildman–Crippen MR) is 107 cm³/mol. The van der Waals surface area contributed by atoms with Crippen molar-refractivity contribution in [1.29, 1.82) is 0 Å². The van der Waals surface area contributed by atoms with Crippen LogP contribution in [0.2, 0.25) is 0 Å². The highest BCUT2D eigenvalue weighted by atomic mass is 16.3. The highest BCUT2D eigenvalue weighted by molar-refractivity contribution is 5.87. The van der Waals surface area contributed by atoms with E-state index in [0.29, 0.717) is 11.8 Å². The predicted octanol–water partition coefficient (Wildman–Crippen LogP) is 3.30. The van der Waals surface area contributed by atoms with Gasteiger partial charge < -0.3 is 15.3 Å². The van der Waals surface area contributed by atoms with Crippen molar-refractivity contribution in [2.45, 2.75) is 63.5 Å². The molecule has 1 aromatic carbocycles. The number of rotatable bonds is 8. The van der Waals surface area contributed by atoms with Crippen LogP contribution in [0.4, 0.5) is 0 Å². The van der Waals surface area contributed by atoms with E-state index in [-0.39, 0.29) is 17.9 Å². The Kier molecular flexibility index (Phi) is 5.56. The second-order valence-electron chi connectivity index (χ2n) is 8.91. The van der Waals surface area contributed by atoms with Crippen molar-refractivity contribution < 1.29 is 9.90 Å². The number of carbonyl (C=O) groups is 1. The number of unbranched alkanes of at least 4 members (excludes halogenated alkanes) is 2. The monoisotopic (exact) mass is 370 g/mol. The largest absolute Gasteiger partial charge is 0.375 e. The first kappa shape index (κ1) is 18.9. The second-order valence-corrected chi connectivity index (χ2v) is 8.91. The fraction of sp³-hybridized carbons (Fsp3) is 0.696. The summed E-state index contributed by atoms with van der Waals surface area (Å²) in [6, 6.07) is 9.85. The Morgan fingerprint density at radius 2 is 1.81 bits per heavy atom. The van der Waals surface area contributed by atoms with Crippen LogP contribution in [-0.2, 0) is 10.4 Å². The topological polar surface area (TPSA) is 52.6 Å². The maximum absolute atomic E-state index is 13.3. The van der Waals surface area contributed by atoms with Crippen LogP contribution in [0.25, 0.3) is 0 Å². The van der Waals surface area contributed by atoms with Gasteiger partial charge >= 0.3 is 0 Å². The highest BCUT2D eigenvalue weighted by Gasteiger charge is 2.58. The molecule has 2 aliphatic carbocycles. The molecule has 27 heavy (non-hydrogen) atoms. The molecule has 148 valence electrons. The van der Waals surface area contributed by atoms with Gasteiger partial charge in [0.2, 0.25) is 0 Å². The van der Waals surface area contributed by atoms with Gasteiger partial charge in [0.05, 0.1) is 0 Å². The third-order valence-electron chi connectivity index (χ3n) is 7.15. The normalized spacial score (nSPS) is 30.1. The summed E-state index contributed by atoms with van der Waals surface area (Å²) in [5.74, 6) is 1.03. The van der Waals surface area contributed by atoms with Crippen LogP contribution in [-0.4, -0.2) is 41.6 Å². The van der Waals surface area contributed by atoms with Crippen LogP contribution in [0.3, 0.4) is 0 Å². The minimum Gasteiger partial charge on any atom is -0.375 e. The first-order valence-corrected chi connectivity index (χ1v) is 11.0. The van der Waals surface area contributed by atoms with E-state index in [4.69, 9.17) is 0 Å². The molecule has 1 amide bonds. The lowest BCUT2D eigenvalue weighted by atomic mass is 9.79. The molecule has 1 aliphatic heterocycles. The lowest BCUT2D eigenvalue weighted by Crippen LogP contribution is -2.51. The van der Waals surface area contributed by atoms with Gasteiger partial charge in [0.25, 0.3) is 5.91 Å². The van der Waals surface area contributed by atoms with E-state index in [2.05, 4.69) is 17.1 Å². The first-order valence-electron chi connectivity index (χ1n) is 11.0. The van der Waals surface area contributed by atoms with Crippen LogP contribution in [0, 0.1) is 17.8 Å². The number of hydrogen-bond acceptors (Lipinski definition) is 3. The summed E-state index contributed by atoms with van der Waals surface area (Å²) in [4.78, 5) is 15.8. The summed E-state index contributed by atoms with van der Waals surface area (Å²) in [6.07, 6.45) is 7.92. The highest BCUT2D eigenvalue weighted by Crippen LogP contribution is 2.47. The average Bonchev–Trinajstić information content (AvgIpc) is 3.11. The maximum Gasteiger partial charge on any atom is 0.257 e. The summed E-state index contributed by atoms with van der Waals surface area (Å²) in [6.45, 7) is 5.64. The van der Waals surface area contributed by atoms with Gasteiger partial charge in [0.1, 0.15) is 0 Å². The van der Waals surface area contributed by atoms with E-state index in [1.54, 1.807) is 0 Å². The molecular formula is C23H34N2O2. The maximum atomic E-state index is 13.3. The molecule has 1 saturated heterocycles. The molecule has 3 atom stereocenters. The Morgan fingerprint density at radius 1 is 1.15 bits per heavy atom. The molecule has 0 radical (unpaired) electrons. The van der Waals surface area contributed by atoms with E-state index < -0.39 is 5.60 Å². The number of nitrogens with zero attached hydrogens (tertiary/aromatic N) is 1. The number of fused-ring (bicyclic) bond motifs is 1. The van der Waals surface area contributed by atoms with Crippen LogP contribution in [0.15, 0.2) is 30.3 Å². The number of likely N-dealkylation sites (tertiary alicyclic amines) is 1. The zero-order chi connectivity index (χ0) is 18.9. The van der Waals surface area contributed by atoms with Gasteiger partial charge in [0.15, 0.2) is 5.60 Å². The molecule has 4 heteroatoms. The van der Waals surface area contributed by atoms with Crippen molar-refractivity contribution in [2.24, 2.45) is 17.8 Å². The molecule has 4 rings (SSSR count). The molecule has 2 saturated carbocycles. The molecule has 3 unspecified atom stereocenters. The van der Waals surface area contributed by atoms with E-state index in [1.807, 2.05) is 30.3 Å². The minimum atomic E-state index is -1.38. The SMILES string of the molecule is CCCCCN1CC2C(C1)C2NC(=O)C(O)(c1ccccc1)C1CCCC1. The molecule has 0 spiro atoms. The quantitative estimate of drug-likeness (QED) is 0.691. The van der Waals surface area contributed by atoms with Crippen LogP contribution in [0.1, 0.15) is 57.4 Å². The summed E-state index contributed by atoms with van der Waals surface area (Å²) < 4.78 is 0. The molecule has 0 aromatic heterocycles. The fourth-order valence-corrected chi connectivity index (χ4v) is 5.45. The van der Waals surface area contributed by atoms with Crippen LogP contribution < -0.4 is 5.32 Å². The number of hydrogen-bond donors (Lipinski definition) is 2. The minimum absolute atomic E-state index is 0.0315.